The van der Waals surface area contributed by atoms with Gasteiger partial charge in [0.05, 0.1) is 12.4 Å². The lowest BCUT2D eigenvalue weighted by Crippen LogP contribution is -2.10. The third-order valence-corrected chi connectivity index (χ3v) is 4.68. The molecule has 1 unspecified atom stereocenters. The van der Waals surface area contributed by atoms with Gasteiger partial charge in [0, 0.05) is 23.0 Å². The highest BCUT2D eigenvalue weighted by Gasteiger charge is 2.15. The molecule has 2 nitrogen and oxygen atoms in total. The van der Waals surface area contributed by atoms with E-state index in [-0.39, 0.29) is 6.04 Å². The van der Waals surface area contributed by atoms with Crippen LogP contribution in [0.25, 0.3) is 11.1 Å². The van der Waals surface area contributed by atoms with Crippen LogP contribution >= 0.6 is 11.6 Å². The second-order valence-corrected chi connectivity index (χ2v) is 6.33. The summed E-state index contributed by atoms with van der Waals surface area (Å²) in [6.45, 7) is 0. The molecule has 1 atom stereocenters. The molecule has 0 bridgehead atoms. The van der Waals surface area contributed by atoms with E-state index in [1.807, 2.05) is 49.1 Å². The SMILES string of the molecule is Clc1ccccc1-c1ccc(C(c2ccccc2)n2ccnc2)cc1. The summed E-state index contributed by atoms with van der Waals surface area (Å²) in [6.07, 6.45) is 5.67. The molecule has 0 aliphatic carbocycles. The van der Waals surface area contributed by atoms with Crippen molar-refractivity contribution < 1.29 is 0 Å². The third kappa shape index (κ3) is 3.21. The highest BCUT2D eigenvalue weighted by molar-refractivity contribution is 6.33. The van der Waals surface area contributed by atoms with Crippen molar-refractivity contribution in [3.63, 3.8) is 0 Å². The van der Waals surface area contributed by atoms with E-state index in [4.69, 9.17) is 11.6 Å². The number of aromatic nitrogens is 2. The summed E-state index contributed by atoms with van der Waals surface area (Å²) in [5, 5.41) is 0.768. The van der Waals surface area contributed by atoms with E-state index in [2.05, 4.69) is 58.1 Å². The Morgan fingerprint density at radius 2 is 1.44 bits per heavy atom. The average Bonchev–Trinajstić information content (AvgIpc) is 3.18. The molecular formula is C22H17ClN2. The maximum absolute atomic E-state index is 6.33. The van der Waals surface area contributed by atoms with Crippen LogP contribution in [-0.2, 0) is 0 Å². The maximum atomic E-state index is 6.33. The van der Waals surface area contributed by atoms with Crippen molar-refractivity contribution >= 4 is 11.6 Å². The predicted octanol–water partition coefficient (Wildman–Crippen LogP) is 5.84. The van der Waals surface area contributed by atoms with Gasteiger partial charge >= 0.3 is 0 Å². The van der Waals surface area contributed by atoms with Gasteiger partial charge in [-0.3, -0.25) is 0 Å². The van der Waals surface area contributed by atoms with Gasteiger partial charge < -0.3 is 4.57 Å². The third-order valence-electron chi connectivity index (χ3n) is 4.35. The van der Waals surface area contributed by atoms with E-state index < -0.39 is 0 Å². The van der Waals surface area contributed by atoms with E-state index in [0.29, 0.717) is 0 Å². The molecule has 0 fully saturated rings. The number of rotatable bonds is 4. The van der Waals surface area contributed by atoms with Crippen LogP contribution in [0.3, 0.4) is 0 Å². The molecule has 0 saturated carbocycles. The van der Waals surface area contributed by atoms with Gasteiger partial charge in [0.2, 0.25) is 0 Å². The van der Waals surface area contributed by atoms with Crippen LogP contribution < -0.4 is 0 Å². The Labute approximate surface area is 152 Å². The largest absolute Gasteiger partial charge is 0.326 e. The fourth-order valence-corrected chi connectivity index (χ4v) is 3.38. The maximum Gasteiger partial charge on any atom is 0.0954 e. The average molecular weight is 345 g/mol. The molecule has 0 spiro atoms. The van der Waals surface area contributed by atoms with Gasteiger partial charge in [0.25, 0.3) is 0 Å². The fourth-order valence-electron chi connectivity index (χ4n) is 3.13. The van der Waals surface area contributed by atoms with Crippen molar-refractivity contribution in [2.24, 2.45) is 0 Å². The lowest BCUT2D eigenvalue weighted by atomic mass is 9.96. The van der Waals surface area contributed by atoms with E-state index in [1.165, 1.54) is 11.1 Å². The van der Waals surface area contributed by atoms with E-state index in [9.17, 15) is 0 Å². The normalized spacial score (nSPS) is 12.0. The van der Waals surface area contributed by atoms with Crippen molar-refractivity contribution in [3.05, 3.63) is 114 Å². The quantitative estimate of drug-likeness (QED) is 0.454. The van der Waals surface area contributed by atoms with Crippen LogP contribution in [0.1, 0.15) is 17.2 Å². The topological polar surface area (TPSA) is 17.8 Å². The first kappa shape index (κ1) is 15.7. The molecule has 1 heterocycles. The minimum absolute atomic E-state index is 0.101. The molecule has 4 rings (SSSR count). The molecular weight excluding hydrogens is 328 g/mol. The molecule has 0 radical (unpaired) electrons. The van der Waals surface area contributed by atoms with Crippen molar-refractivity contribution in [2.75, 3.05) is 0 Å². The fraction of sp³-hybridized carbons (Fsp3) is 0.0455. The van der Waals surface area contributed by atoms with E-state index in [1.54, 1.807) is 0 Å². The van der Waals surface area contributed by atoms with Crippen molar-refractivity contribution in [3.8, 4) is 11.1 Å². The molecule has 0 aliphatic rings. The van der Waals surface area contributed by atoms with Crippen molar-refractivity contribution in [1.82, 2.24) is 9.55 Å². The zero-order valence-corrected chi connectivity index (χ0v) is 14.3. The lowest BCUT2D eigenvalue weighted by Gasteiger charge is -2.20. The van der Waals surface area contributed by atoms with E-state index >= 15 is 0 Å². The van der Waals surface area contributed by atoms with Gasteiger partial charge in [0.1, 0.15) is 0 Å². The number of imidazole rings is 1. The first-order chi connectivity index (χ1) is 12.3. The summed E-state index contributed by atoms with van der Waals surface area (Å²) in [5.41, 5.74) is 4.60. The minimum atomic E-state index is 0.101. The Balaban J connectivity index is 1.75. The van der Waals surface area contributed by atoms with Gasteiger partial charge in [-0.05, 0) is 22.8 Å². The van der Waals surface area contributed by atoms with Gasteiger partial charge in [-0.25, -0.2) is 4.98 Å². The first-order valence-electron chi connectivity index (χ1n) is 8.20. The van der Waals surface area contributed by atoms with Crippen LogP contribution in [0.15, 0.2) is 97.6 Å². The lowest BCUT2D eigenvalue weighted by molar-refractivity contribution is 0.677. The summed E-state index contributed by atoms with van der Waals surface area (Å²) < 4.78 is 2.12. The number of hydrogen-bond acceptors (Lipinski definition) is 1. The Morgan fingerprint density at radius 1 is 0.760 bits per heavy atom. The van der Waals surface area contributed by atoms with Gasteiger partial charge in [-0.2, -0.15) is 0 Å². The van der Waals surface area contributed by atoms with Crippen LogP contribution in [0.4, 0.5) is 0 Å². The molecule has 0 aliphatic heterocycles. The Morgan fingerprint density at radius 3 is 2.12 bits per heavy atom. The summed E-state index contributed by atoms with van der Waals surface area (Å²) >= 11 is 6.33. The number of benzene rings is 3. The van der Waals surface area contributed by atoms with E-state index in [0.717, 1.165) is 16.1 Å². The minimum Gasteiger partial charge on any atom is -0.326 e. The molecule has 4 aromatic rings. The summed E-state index contributed by atoms with van der Waals surface area (Å²) in [6, 6.07) is 27.1. The van der Waals surface area contributed by atoms with Crippen molar-refractivity contribution in [2.45, 2.75) is 6.04 Å². The van der Waals surface area contributed by atoms with Crippen LogP contribution in [0.2, 0.25) is 5.02 Å². The smallest absolute Gasteiger partial charge is 0.0954 e. The molecule has 3 aromatic carbocycles. The van der Waals surface area contributed by atoms with Crippen LogP contribution in [0, 0.1) is 0 Å². The number of nitrogens with zero attached hydrogens (tertiary/aromatic N) is 2. The van der Waals surface area contributed by atoms with Crippen LogP contribution in [-0.4, -0.2) is 9.55 Å². The molecule has 0 N–H and O–H groups in total. The second kappa shape index (κ2) is 6.96. The number of halogens is 1. The number of hydrogen-bond donors (Lipinski definition) is 0. The predicted molar refractivity (Wildman–Crippen MR) is 103 cm³/mol. The molecule has 0 saturated heterocycles. The molecule has 3 heteroatoms. The Hall–Kier alpha value is -2.84. The van der Waals surface area contributed by atoms with Gasteiger partial charge in [-0.15, -0.1) is 0 Å². The standard InChI is InChI=1S/C22H17ClN2/c23-21-9-5-4-8-20(21)17-10-12-19(13-11-17)22(25-15-14-24-16-25)18-6-2-1-3-7-18/h1-16,22H. The second-order valence-electron chi connectivity index (χ2n) is 5.92. The molecule has 1 aromatic heterocycles. The zero-order valence-electron chi connectivity index (χ0n) is 13.6. The van der Waals surface area contributed by atoms with Gasteiger partial charge in [0.15, 0.2) is 0 Å². The summed E-state index contributed by atoms with van der Waals surface area (Å²) in [5.74, 6) is 0. The zero-order chi connectivity index (χ0) is 17.1. The van der Waals surface area contributed by atoms with Crippen LogP contribution in [0.5, 0.6) is 0 Å². The van der Waals surface area contributed by atoms with Gasteiger partial charge in [-0.1, -0.05) is 84.4 Å². The molecule has 122 valence electrons. The van der Waals surface area contributed by atoms with Crippen molar-refractivity contribution in [1.29, 1.82) is 0 Å². The molecule has 25 heavy (non-hydrogen) atoms. The Kier molecular flexibility index (Phi) is 4.36. The highest BCUT2D eigenvalue weighted by Crippen LogP contribution is 2.31. The summed E-state index contributed by atoms with van der Waals surface area (Å²) in [7, 11) is 0. The Bertz CT molecular complexity index is 945. The molecule has 0 amide bonds. The first-order valence-corrected chi connectivity index (χ1v) is 8.58. The summed E-state index contributed by atoms with van der Waals surface area (Å²) in [4.78, 5) is 4.22. The monoisotopic (exact) mass is 344 g/mol. The highest BCUT2D eigenvalue weighted by atomic mass is 35.5.